The molecule has 4 heteroatoms. The van der Waals surface area contributed by atoms with Crippen molar-refractivity contribution < 1.29 is 9.90 Å². The minimum Gasteiger partial charge on any atom is -0.480 e. The molecule has 88 valence electrons. The Kier molecular flexibility index (Phi) is 4.54. The van der Waals surface area contributed by atoms with E-state index < -0.39 is 5.97 Å². The molecule has 4 nitrogen and oxygen atoms in total. The normalized spacial score (nSPS) is 18.5. The van der Waals surface area contributed by atoms with Gasteiger partial charge in [-0.3, -0.25) is 9.69 Å². The van der Waals surface area contributed by atoms with Crippen molar-refractivity contribution in [1.82, 2.24) is 4.90 Å². The van der Waals surface area contributed by atoms with Crippen molar-refractivity contribution >= 4 is 5.97 Å². The highest BCUT2D eigenvalue weighted by atomic mass is 16.4. The lowest BCUT2D eigenvalue weighted by atomic mass is 10.1. The van der Waals surface area contributed by atoms with E-state index in [1.165, 1.54) is 0 Å². The lowest BCUT2D eigenvalue weighted by Crippen LogP contribution is -2.45. The van der Waals surface area contributed by atoms with Crippen LogP contribution in [0.15, 0.2) is 0 Å². The molecule has 1 rings (SSSR count). The highest BCUT2D eigenvalue weighted by Crippen LogP contribution is 2.30. The van der Waals surface area contributed by atoms with E-state index in [0.29, 0.717) is 24.9 Å². The van der Waals surface area contributed by atoms with E-state index in [-0.39, 0.29) is 6.04 Å². The van der Waals surface area contributed by atoms with Crippen molar-refractivity contribution in [2.75, 3.05) is 13.1 Å². The van der Waals surface area contributed by atoms with E-state index >= 15 is 0 Å². The first-order valence-electron chi connectivity index (χ1n) is 5.74. The summed E-state index contributed by atoms with van der Waals surface area (Å²) in [6.07, 6.45) is 2.83. The summed E-state index contributed by atoms with van der Waals surface area (Å²) in [5.74, 6) is -0.224. The van der Waals surface area contributed by atoms with Crippen LogP contribution < -0.4 is 5.73 Å². The number of carboxylic acids is 1. The van der Waals surface area contributed by atoms with E-state index in [1.54, 1.807) is 0 Å². The maximum Gasteiger partial charge on any atom is 0.320 e. The Morgan fingerprint density at radius 3 is 2.47 bits per heavy atom. The maximum absolute atomic E-state index is 11.1. The van der Waals surface area contributed by atoms with Crippen LogP contribution in [-0.4, -0.2) is 41.1 Å². The molecule has 3 N–H and O–H groups in total. The van der Waals surface area contributed by atoms with Gasteiger partial charge in [-0.05, 0) is 31.7 Å². The number of rotatable bonds is 7. The minimum atomic E-state index is -0.729. The second kappa shape index (κ2) is 5.47. The number of hydrogen-bond donors (Lipinski definition) is 2. The van der Waals surface area contributed by atoms with Crippen molar-refractivity contribution in [2.45, 2.75) is 45.2 Å². The predicted octanol–water partition coefficient (Wildman–Crippen LogP) is 0.909. The first-order chi connectivity index (χ1) is 7.06. The molecular formula is C11H22N2O2. The number of carbonyl (C=O) groups is 1. The van der Waals surface area contributed by atoms with E-state index in [1.807, 2.05) is 0 Å². The molecule has 0 aromatic heterocycles. The van der Waals surface area contributed by atoms with Gasteiger partial charge in [-0.25, -0.2) is 0 Å². The molecule has 0 aromatic rings. The molecule has 0 amide bonds. The quantitative estimate of drug-likeness (QED) is 0.661. The van der Waals surface area contributed by atoms with Crippen molar-refractivity contribution in [1.29, 1.82) is 0 Å². The lowest BCUT2D eigenvalue weighted by molar-refractivity contribution is -0.144. The maximum atomic E-state index is 11.1. The number of carboxylic acid groups (broad SMARTS) is 1. The number of aliphatic carboxylic acids is 1. The summed E-state index contributed by atoms with van der Waals surface area (Å²) >= 11 is 0. The molecule has 0 spiro atoms. The molecule has 0 heterocycles. The monoisotopic (exact) mass is 214 g/mol. The molecule has 1 saturated carbocycles. The van der Waals surface area contributed by atoms with E-state index in [0.717, 1.165) is 19.4 Å². The van der Waals surface area contributed by atoms with Gasteiger partial charge in [0.1, 0.15) is 6.04 Å². The lowest BCUT2D eigenvalue weighted by Gasteiger charge is -2.30. The van der Waals surface area contributed by atoms with Crippen LogP contribution in [0.1, 0.15) is 33.1 Å². The standard InChI is InChI=1S/C11H22N2O2/c1-8(2)7-13(9-3-4-9)10(5-6-12)11(14)15/h8-10H,3-7,12H2,1-2H3,(H,14,15). The van der Waals surface area contributed by atoms with E-state index in [4.69, 9.17) is 10.8 Å². The Labute approximate surface area is 91.4 Å². The van der Waals surface area contributed by atoms with Gasteiger partial charge in [0.15, 0.2) is 0 Å². The minimum absolute atomic E-state index is 0.384. The number of hydrogen-bond acceptors (Lipinski definition) is 3. The molecule has 0 aliphatic heterocycles. The average molecular weight is 214 g/mol. The first-order valence-corrected chi connectivity index (χ1v) is 5.74. The largest absolute Gasteiger partial charge is 0.480 e. The van der Waals surface area contributed by atoms with Crippen molar-refractivity contribution in [3.05, 3.63) is 0 Å². The highest BCUT2D eigenvalue weighted by Gasteiger charge is 2.36. The van der Waals surface area contributed by atoms with Crippen molar-refractivity contribution in [3.63, 3.8) is 0 Å². The second-order valence-electron chi connectivity index (χ2n) is 4.75. The Hall–Kier alpha value is -0.610. The molecule has 0 aromatic carbocycles. The number of nitrogens with zero attached hydrogens (tertiary/aromatic N) is 1. The van der Waals surface area contributed by atoms with Gasteiger partial charge < -0.3 is 10.8 Å². The molecule has 15 heavy (non-hydrogen) atoms. The van der Waals surface area contributed by atoms with Crippen LogP contribution in [-0.2, 0) is 4.79 Å². The highest BCUT2D eigenvalue weighted by molar-refractivity contribution is 5.73. The molecule has 1 unspecified atom stereocenters. The second-order valence-corrected chi connectivity index (χ2v) is 4.75. The summed E-state index contributed by atoms with van der Waals surface area (Å²) in [5, 5.41) is 9.17. The Morgan fingerprint density at radius 2 is 2.13 bits per heavy atom. The molecule has 0 saturated heterocycles. The van der Waals surface area contributed by atoms with Crippen LogP contribution in [0.3, 0.4) is 0 Å². The third-order valence-electron chi connectivity index (χ3n) is 2.72. The summed E-state index contributed by atoms with van der Waals surface area (Å²) in [4.78, 5) is 13.3. The zero-order chi connectivity index (χ0) is 11.4. The summed E-state index contributed by atoms with van der Waals surface area (Å²) in [6.45, 7) is 5.55. The molecular weight excluding hydrogens is 192 g/mol. The number of nitrogens with two attached hydrogens (primary N) is 1. The Morgan fingerprint density at radius 1 is 1.53 bits per heavy atom. The summed E-state index contributed by atoms with van der Waals surface area (Å²) < 4.78 is 0. The SMILES string of the molecule is CC(C)CN(C1CC1)C(CCN)C(=O)O. The molecule has 1 atom stereocenters. The Bertz CT molecular complexity index is 215. The first kappa shape index (κ1) is 12.5. The van der Waals surface area contributed by atoms with Crippen LogP contribution >= 0.6 is 0 Å². The fourth-order valence-corrected chi connectivity index (χ4v) is 1.95. The molecule has 1 fully saturated rings. The third kappa shape index (κ3) is 3.80. The molecule has 0 bridgehead atoms. The summed E-state index contributed by atoms with van der Waals surface area (Å²) in [6, 6.07) is 0.102. The van der Waals surface area contributed by atoms with Gasteiger partial charge in [0.05, 0.1) is 0 Å². The molecule has 1 aliphatic carbocycles. The Balaban J connectivity index is 2.61. The zero-order valence-corrected chi connectivity index (χ0v) is 9.65. The average Bonchev–Trinajstić information content (AvgIpc) is 2.93. The molecule has 1 aliphatic rings. The van der Waals surface area contributed by atoms with E-state index in [2.05, 4.69) is 18.7 Å². The predicted molar refractivity (Wildman–Crippen MR) is 59.7 cm³/mol. The van der Waals surface area contributed by atoms with Gasteiger partial charge in [-0.15, -0.1) is 0 Å². The van der Waals surface area contributed by atoms with Gasteiger partial charge in [0, 0.05) is 12.6 Å². The van der Waals surface area contributed by atoms with Crippen LogP contribution in [0.25, 0.3) is 0 Å². The fourth-order valence-electron chi connectivity index (χ4n) is 1.95. The molecule has 0 radical (unpaired) electrons. The van der Waals surface area contributed by atoms with Gasteiger partial charge in [0.25, 0.3) is 0 Å². The van der Waals surface area contributed by atoms with Gasteiger partial charge in [-0.2, -0.15) is 0 Å². The van der Waals surface area contributed by atoms with Crippen molar-refractivity contribution in [2.24, 2.45) is 11.7 Å². The van der Waals surface area contributed by atoms with E-state index in [9.17, 15) is 4.79 Å². The third-order valence-corrected chi connectivity index (χ3v) is 2.72. The van der Waals surface area contributed by atoms with Gasteiger partial charge in [-0.1, -0.05) is 13.8 Å². The summed E-state index contributed by atoms with van der Waals surface area (Å²) in [5.41, 5.74) is 5.47. The smallest absolute Gasteiger partial charge is 0.320 e. The summed E-state index contributed by atoms with van der Waals surface area (Å²) in [7, 11) is 0. The topological polar surface area (TPSA) is 66.6 Å². The van der Waals surface area contributed by atoms with Crippen LogP contribution in [0.4, 0.5) is 0 Å². The van der Waals surface area contributed by atoms with Crippen LogP contribution in [0, 0.1) is 5.92 Å². The van der Waals surface area contributed by atoms with Crippen LogP contribution in [0.2, 0.25) is 0 Å². The zero-order valence-electron chi connectivity index (χ0n) is 9.65. The van der Waals surface area contributed by atoms with Gasteiger partial charge >= 0.3 is 5.97 Å². The fraction of sp³-hybridized carbons (Fsp3) is 0.909. The van der Waals surface area contributed by atoms with Gasteiger partial charge in [0.2, 0.25) is 0 Å². The van der Waals surface area contributed by atoms with Crippen LogP contribution in [0.5, 0.6) is 0 Å². The van der Waals surface area contributed by atoms with Crippen molar-refractivity contribution in [3.8, 4) is 0 Å².